The molecule has 0 radical (unpaired) electrons. The number of rotatable bonds is 10. The molecule has 3 heteroatoms. The van der Waals surface area contributed by atoms with Gasteiger partial charge >= 0.3 is 0 Å². The fourth-order valence-corrected chi connectivity index (χ4v) is 1.79. The summed E-state index contributed by atoms with van der Waals surface area (Å²) >= 11 is 0. The van der Waals surface area contributed by atoms with E-state index in [2.05, 4.69) is 26.1 Å². The lowest BCUT2D eigenvalue weighted by Gasteiger charge is -2.14. The summed E-state index contributed by atoms with van der Waals surface area (Å²) in [4.78, 5) is 11.6. The molecule has 2 unspecified atom stereocenters. The minimum absolute atomic E-state index is 0.174. The van der Waals surface area contributed by atoms with Gasteiger partial charge in [-0.1, -0.05) is 39.5 Å². The molecule has 0 aliphatic heterocycles. The van der Waals surface area contributed by atoms with Crippen molar-refractivity contribution in [1.29, 1.82) is 0 Å². The Hall–Kier alpha value is -0.570. The van der Waals surface area contributed by atoms with Crippen LogP contribution in [0.2, 0.25) is 0 Å². The van der Waals surface area contributed by atoms with Crippen molar-refractivity contribution in [1.82, 2.24) is 5.32 Å². The van der Waals surface area contributed by atoms with Crippen LogP contribution in [0.5, 0.6) is 0 Å². The summed E-state index contributed by atoms with van der Waals surface area (Å²) in [7, 11) is 0. The molecule has 0 aromatic rings. The van der Waals surface area contributed by atoms with E-state index in [0.717, 1.165) is 12.8 Å². The van der Waals surface area contributed by atoms with Crippen molar-refractivity contribution in [2.45, 2.75) is 71.8 Å². The standard InChI is InChI=1S/C14H30N2O/c1-4-5-6-7-8-13(3)16-14(17)10-9-12(2)11-15/h12-13H,4-11,15H2,1-3H3,(H,16,17). The second-order valence-electron chi connectivity index (χ2n) is 5.20. The van der Waals surface area contributed by atoms with E-state index >= 15 is 0 Å². The largest absolute Gasteiger partial charge is 0.354 e. The first-order chi connectivity index (χ1) is 8.10. The maximum Gasteiger partial charge on any atom is 0.220 e. The van der Waals surface area contributed by atoms with Crippen LogP contribution in [0.4, 0.5) is 0 Å². The van der Waals surface area contributed by atoms with Gasteiger partial charge in [-0.25, -0.2) is 0 Å². The summed E-state index contributed by atoms with van der Waals surface area (Å²) in [5, 5.41) is 3.06. The number of nitrogens with two attached hydrogens (primary N) is 1. The highest BCUT2D eigenvalue weighted by Gasteiger charge is 2.08. The molecule has 3 N–H and O–H groups in total. The quantitative estimate of drug-likeness (QED) is 0.579. The van der Waals surface area contributed by atoms with Crippen molar-refractivity contribution in [2.75, 3.05) is 6.54 Å². The maximum atomic E-state index is 11.6. The number of hydrogen-bond donors (Lipinski definition) is 2. The third kappa shape index (κ3) is 10.3. The molecule has 2 atom stereocenters. The van der Waals surface area contributed by atoms with Gasteiger partial charge < -0.3 is 11.1 Å². The van der Waals surface area contributed by atoms with Gasteiger partial charge in [0.05, 0.1) is 0 Å². The number of hydrogen-bond acceptors (Lipinski definition) is 2. The maximum absolute atomic E-state index is 11.6. The number of unbranched alkanes of at least 4 members (excludes halogenated alkanes) is 3. The molecule has 0 aromatic heterocycles. The van der Waals surface area contributed by atoms with Gasteiger partial charge in [0.15, 0.2) is 0 Å². The van der Waals surface area contributed by atoms with E-state index in [4.69, 9.17) is 5.73 Å². The fraction of sp³-hybridized carbons (Fsp3) is 0.929. The molecular formula is C14H30N2O. The predicted molar refractivity (Wildman–Crippen MR) is 73.8 cm³/mol. The van der Waals surface area contributed by atoms with Crippen LogP contribution >= 0.6 is 0 Å². The van der Waals surface area contributed by atoms with Crippen molar-refractivity contribution >= 4 is 5.91 Å². The molecule has 0 spiro atoms. The van der Waals surface area contributed by atoms with Crippen LogP contribution in [0, 0.1) is 5.92 Å². The molecule has 0 aliphatic rings. The highest BCUT2D eigenvalue weighted by atomic mass is 16.1. The minimum Gasteiger partial charge on any atom is -0.354 e. The van der Waals surface area contributed by atoms with E-state index in [1.54, 1.807) is 0 Å². The van der Waals surface area contributed by atoms with Crippen molar-refractivity contribution in [3.63, 3.8) is 0 Å². The first-order valence-electron chi connectivity index (χ1n) is 7.09. The molecule has 0 fully saturated rings. The monoisotopic (exact) mass is 242 g/mol. The Kier molecular flexibility index (Phi) is 10.2. The van der Waals surface area contributed by atoms with E-state index in [1.807, 2.05) is 0 Å². The smallest absolute Gasteiger partial charge is 0.220 e. The Bertz CT molecular complexity index is 195. The molecule has 1 amide bonds. The summed E-state index contributed by atoms with van der Waals surface area (Å²) in [6.07, 6.45) is 7.66. The lowest BCUT2D eigenvalue weighted by molar-refractivity contribution is -0.122. The lowest BCUT2D eigenvalue weighted by atomic mass is 10.1. The normalized spacial score (nSPS) is 14.4. The Labute approximate surface area is 107 Å². The first-order valence-corrected chi connectivity index (χ1v) is 7.09. The zero-order valence-corrected chi connectivity index (χ0v) is 11.8. The van der Waals surface area contributed by atoms with E-state index in [1.165, 1.54) is 25.7 Å². The molecule has 17 heavy (non-hydrogen) atoms. The molecule has 0 saturated heterocycles. The zero-order valence-electron chi connectivity index (χ0n) is 11.8. The van der Waals surface area contributed by atoms with Crippen LogP contribution in [0.1, 0.15) is 65.7 Å². The summed E-state index contributed by atoms with van der Waals surface area (Å²) in [5.41, 5.74) is 5.52. The number of carbonyl (C=O) groups is 1. The fourth-order valence-electron chi connectivity index (χ4n) is 1.79. The topological polar surface area (TPSA) is 55.1 Å². The summed E-state index contributed by atoms with van der Waals surface area (Å²) in [5.74, 6) is 0.619. The molecule has 0 bridgehead atoms. The molecule has 0 saturated carbocycles. The lowest BCUT2D eigenvalue weighted by Crippen LogP contribution is -2.32. The van der Waals surface area contributed by atoms with Crippen LogP contribution < -0.4 is 11.1 Å². The SMILES string of the molecule is CCCCCCC(C)NC(=O)CCC(C)CN. The first kappa shape index (κ1) is 16.4. The van der Waals surface area contributed by atoms with Crippen LogP contribution in [0.15, 0.2) is 0 Å². The van der Waals surface area contributed by atoms with Gasteiger partial charge in [-0.3, -0.25) is 4.79 Å². The summed E-state index contributed by atoms with van der Waals surface area (Å²) < 4.78 is 0. The Morgan fingerprint density at radius 3 is 2.47 bits per heavy atom. The van der Waals surface area contributed by atoms with Gasteiger partial charge in [0.25, 0.3) is 0 Å². The second kappa shape index (κ2) is 10.6. The van der Waals surface area contributed by atoms with Gasteiger partial charge in [-0.15, -0.1) is 0 Å². The van der Waals surface area contributed by atoms with E-state index in [0.29, 0.717) is 24.9 Å². The average molecular weight is 242 g/mol. The van der Waals surface area contributed by atoms with Crippen molar-refractivity contribution in [3.8, 4) is 0 Å². The van der Waals surface area contributed by atoms with Gasteiger partial charge in [0.1, 0.15) is 0 Å². The molecule has 3 nitrogen and oxygen atoms in total. The molecule has 0 rings (SSSR count). The molecule has 102 valence electrons. The summed E-state index contributed by atoms with van der Waals surface area (Å²) in [6, 6.07) is 0.313. The van der Waals surface area contributed by atoms with Crippen LogP contribution in [0.3, 0.4) is 0 Å². The number of nitrogens with one attached hydrogen (secondary N) is 1. The molecule has 0 aliphatic carbocycles. The highest BCUT2D eigenvalue weighted by molar-refractivity contribution is 5.76. The van der Waals surface area contributed by atoms with Crippen LogP contribution in [-0.4, -0.2) is 18.5 Å². The van der Waals surface area contributed by atoms with Gasteiger partial charge in [-0.05, 0) is 32.2 Å². The zero-order chi connectivity index (χ0) is 13.1. The van der Waals surface area contributed by atoms with Crippen molar-refractivity contribution in [2.24, 2.45) is 11.7 Å². The van der Waals surface area contributed by atoms with E-state index < -0.39 is 0 Å². The average Bonchev–Trinajstić information content (AvgIpc) is 2.31. The Morgan fingerprint density at radius 1 is 1.18 bits per heavy atom. The highest BCUT2D eigenvalue weighted by Crippen LogP contribution is 2.07. The van der Waals surface area contributed by atoms with E-state index in [9.17, 15) is 4.79 Å². The number of carbonyl (C=O) groups excluding carboxylic acids is 1. The second-order valence-corrected chi connectivity index (χ2v) is 5.20. The molecular weight excluding hydrogens is 212 g/mol. The van der Waals surface area contributed by atoms with Gasteiger partial charge in [0.2, 0.25) is 5.91 Å². The molecule has 0 heterocycles. The molecule has 0 aromatic carbocycles. The van der Waals surface area contributed by atoms with E-state index in [-0.39, 0.29) is 5.91 Å². The Morgan fingerprint density at radius 2 is 1.88 bits per heavy atom. The third-order valence-corrected chi connectivity index (χ3v) is 3.16. The third-order valence-electron chi connectivity index (χ3n) is 3.16. The van der Waals surface area contributed by atoms with Gasteiger partial charge in [-0.2, -0.15) is 0 Å². The van der Waals surface area contributed by atoms with Crippen molar-refractivity contribution < 1.29 is 4.79 Å². The number of amides is 1. The van der Waals surface area contributed by atoms with Crippen molar-refractivity contribution in [3.05, 3.63) is 0 Å². The van der Waals surface area contributed by atoms with Gasteiger partial charge in [0, 0.05) is 12.5 Å². The minimum atomic E-state index is 0.174. The predicted octanol–water partition coefficient (Wildman–Crippen LogP) is 2.84. The Balaban J connectivity index is 3.51. The van der Waals surface area contributed by atoms with Crippen LogP contribution in [0.25, 0.3) is 0 Å². The summed E-state index contributed by atoms with van der Waals surface area (Å²) in [6.45, 7) is 7.06. The van der Waals surface area contributed by atoms with Crippen LogP contribution in [-0.2, 0) is 4.79 Å².